The summed E-state index contributed by atoms with van der Waals surface area (Å²) in [4.78, 5) is 23.1. The zero-order chi connectivity index (χ0) is 14.8. The van der Waals surface area contributed by atoms with Crippen molar-refractivity contribution in [1.29, 1.82) is 0 Å². The fourth-order valence-corrected chi connectivity index (χ4v) is 1.59. The molecule has 0 aliphatic carbocycles. The van der Waals surface area contributed by atoms with E-state index in [-0.39, 0.29) is 11.5 Å². The van der Waals surface area contributed by atoms with Crippen LogP contribution in [0.25, 0.3) is 0 Å². The van der Waals surface area contributed by atoms with E-state index in [1.54, 1.807) is 26.8 Å². The highest BCUT2D eigenvalue weighted by molar-refractivity contribution is 5.99. The Balaban J connectivity index is 3.10. The molecule has 1 aromatic rings. The van der Waals surface area contributed by atoms with Gasteiger partial charge in [-0.25, -0.2) is 4.79 Å². The Morgan fingerprint density at radius 1 is 1.37 bits per heavy atom. The molecule has 0 saturated carbocycles. The zero-order valence-corrected chi connectivity index (χ0v) is 11.7. The highest BCUT2D eigenvalue weighted by atomic mass is 16.4. The van der Waals surface area contributed by atoms with Gasteiger partial charge in [-0.1, -0.05) is 6.92 Å². The smallest absolute Gasteiger partial charge is 0.336 e. The maximum atomic E-state index is 12.0. The summed E-state index contributed by atoms with van der Waals surface area (Å²) < 4.78 is 0. The van der Waals surface area contributed by atoms with Crippen LogP contribution in [0.15, 0.2) is 12.1 Å². The van der Waals surface area contributed by atoms with Crippen molar-refractivity contribution in [1.82, 2.24) is 0 Å². The number of carbonyl (C=O) groups excluding carboxylic acids is 1. The molecule has 0 aliphatic rings. The van der Waals surface area contributed by atoms with Crippen LogP contribution in [0.3, 0.4) is 0 Å². The summed E-state index contributed by atoms with van der Waals surface area (Å²) in [7, 11) is 0. The first-order valence-electron chi connectivity index (χ1n) is 6.14. The Kier molecular flexibility index (Phi) is 4.32. The second-order valence-electron chi connectivity index (χ2n) is 5.00. The number of aryl methyl sites for hydroxylation is 1. The zero-order valence-electron chi connectivity index (χ0n) is 11.7. The molecule has 104 valence electrons. The fourth-order valence-electron chi connectivity index (χ4n) is 1.59. The fraction of sp³-hybridized carbons (Fsp3) is 0.429. The van der Waals surface area contributed by atoms with Crippen LogP contribution in [0.2, 0.25) is 0 Å². The molecule has 1 unspecified atom stereocenters. The lowest BCUT2D eigenvalue weighted by molar-refractivity contribution is -0.120. The van der Waals surface area contributed by atoms with E-state index in [1.165, 1.54) is 6.07 Å². The molecule has 0 radical (unpaired) electrons. The van der Waals surface area contributed by atoms with Gasteiger partial charge < -0.3 is 16.2 Å². The van der Waals surface area contributed by atoms with Crippen molar-refractivity contribution in [2.24, 2.45) is 5.73 Å². The maximum absolute atomic E-state index is 12.0. The molecule has 5 nitrogen and oxygen atoms in total. The average Bonchev–Trinajstić information content (AvgIpc) is 2.32. The first kappa shape index (κ1) is 15.2. The lowest BCUT2D eigenvalue weighted by Gasteiger charge is -2.22. The van der Waals surface area contributed by atoms with Crippen molar-refractivity contribution in [3.05, 3.63) is 28.8 Å². The lowest BCUT2D eigenvalue weighted by atomic mass is 9.98. The molecular weight excluding hydrogens is 244 g/mol. The Hall–Kier alpha value is -1.88. The second kappa shape index (κ2) is 5.40. The van der Waals surface area contributed by atoms with Crippen molar-refractivity contribution in [3.63, 3.8) is 0 Å². The van der Waals surface area contributed by atoms with Gasteiger partial charge in [0, 0.05) is 5.69 Å². The number of benzene rings is 1. The molecule has 0 bridgehead atoms. The van der Waals surface area contributed by atoms with Crippen molar-refractivity contribution in [2.45, 2.75) is 39.7 Å². The minimum absolute atomic E-state index is 0.186. The van der Waals surface area contributed by atoms with Crippen LogP contribution in [0.1, 0.15) is 41.8 Å². The Morgan fingerprint density at radius 2 is 1.95 bits per heavy atom. The number of carboxylic acid groups (broad SMARTS) is 1. The van der Waals surface area contributed by atoms with Gasteiger partial charge >= 0.3 is 5.97 Å². The molecule has 1 aromatic carbocycles. The van der Waals surface area contributed by atoms with Gasteiger partial charge in [-0.05, 0) is 50.5 Å². The number of hydrogen-bond acceptors (Lipinski definition) is 3. The third kappa shape index (κ3) is 3.32. The summed E-state index contributed by atoms with van der Waals surface area (Å²) in [6, 6.07) is 3.19. The van der Waals surface area contributed by atoms with Crippen LogP contribution in [0, 0.1) is 13.8 Å². The highest BCUT2D eigenvalue weighted by Crippen LogP contribution is 2.21. The van der Waals surface area contributed by atoms with E-state index in [0.29, 0.717) is 17.7 Å². The number of anilines is 1. The first-order valence-corrected chi connectivity index (χ1v) is 6.14. The van der Waals surface area contributed by atoms with Gasteiger partial charge in [-0.2, -0.15) is 0 Å². The maximum Gasteiger partial charge on any atom is 0.336 e. The third-order valence-electron chi connectivity index (χ3n) is 3.41. The van der Waals surface area contributed by atoms with Crippen LogP contribution in [-0.2, 0) is 4.79 Å². The predicted octanol–water partition coefficient (Wildman–Crippen LogP) is 2.07. The van der Waals surface area contributed by atoms with Crippen LogP contribution in [0.5, 0.6) is 0 Å². The summed E-state index contributed by atoms with van der Waals surface area (Å²) in [6.45, 7) is 7.01. The van der Waals surface area contributed by atoms with E-state index in [4.69, 9.17) is 10.8 Å². The number of aromatic carboxylic acids is 1. The van der Waals surface area contributed by atoms with E-state index in [1.807, 2.05) is 6.92 Å². The summed E-state index contributed by atoms with van der Waals surface area (Å²) in [5.41, 5.74) is 7.02. The SMILES string of the molecule is CCC(C)(N)C(=O)Nc1cc(C)c(C)c(C(=O)O)c1. The Labute approximate surface area is 112 Å². The molecule has 4 N–H and O–H groups in total. The second-order valence-corrected chi connectivity index (χ2v) is 5.00. The van der Waals surface area contributed by atoms with Gasteiger partial charge in [0.15, 0.2) is 0 Å². The van der Waals surface area contributed by atoms with Crippen molar-refractivity contribution in [2.75, 3.05) is 5.32 Å². The van der Waals surface area contributed by atoms with Crippen LogP contribution in [-0.4, -0.2) is 22.5 Å². The van der Waals surface area contributed by atoms with Gasteiger partial charge in [0.2, 0.25) is 5.91 Å². The van der Waals surface area contributed by atoms with Gasteiger partial charge in [0.05, 0.1) is 11.1 Å². The predicted molar refractivity (Wildman–Crippen MR) is 74.4 cm³/mol. The van der Waals surface area contributed by atoms with E-state index in [9.17, 15) is 9.59 Å². The monoisotopic (exact) mass is 264 g/mol. The van der Waals surface area contributed by atoms with E-state index < -0.39 is 11.5 Å². The minimum atomic E-state index is -1.01. The average molecular weight is 264 g/mol. The molecule has 1 atom stereocenters. The molecular formula is C14H20N2O3. The molecule has 0 saturated heterocycles. The summed E-state index contributed by atoms with van der Waals surface area (Å²) in [5, 5.41) is 11.8. The molecule has 0 aromatic heterocycles. The Bertz CT molecular complexity index is 522. The first-order chi connectivity index (χ1) is 8.69. The quantitative estimate of drug-likeness (QED) is 0.776. The number of amides is 1. The molecule has 0 spiro atoms. The molecule has 1 amide bonds. The molecule has 0 heterocycles. The molecule has 5 heteroatoms. The standard InChI is InChI=1S/C14H20N2O3/c1-5-14(4,15)13(19)16-10-6-8(2)9(3)11(7-10)12(17)18/h6-7H,5,15H2,1-4H3,(H,16,19)(H,17,18). The van der Waals surface area contributed by atoms with Crippen molar-refractivity contribution >= 4 is 17.6 Å². The van der Waals surface area contributed by atoms with Gasteiger partial charge in [0.25, 0.3) is 0 Å². The van der Waals surface area contributed by atoms with Crippen molar-refractivity contribution < 1.29 is 14.7 Å². The molecule has 1 rings (SSSR count). The highest BCUT2D eigenvalue weighted by Gasteiger charge is 2.26. The lowest BCUT2D eigenvalue weighted by Crippen LogP contribution is -2.47. The number of rotatable bonds is 4. The largest absolute Gasteiger partial charge is 0.478 e. The van der Waals surface area contributed by atoms with Crippen LogP contribution in [0.4, 0.5) is 5.69 Å². The van der Waals surface area contributed by atoms with Crippen molar-refractivity contribution in [3.8, 4) is 0 Å². The third-order valence-corrected chi connectivity index (χ3v) is 3.41. The van der Waals surface area contributed by atoms with Gasteiger partial charge in [-0.15, -0.1) is 0 Å². The number of hydrogen-bond donors (Lipinski definition) is 3. The minimum Gasteiger partial charge on any atom is -0.478 e. The molecule has 0 aliphatic heterocycles. The van der Waals surface area contributed by atoms with Crippen LogP contribution < -0.4 is 11.1 Å². The number of nitrogens with two attached hydrogens (primary N) is 1. The van der Waals surface area contributed by atoms with Gasteiger partial charge in [-0.3, -0.25) is 4.79 Å². The van der Waals surface area contributed by atoms with Gasteiger partial charge in [0.1, 0.15) is 0 Å². The molecule has 19 heavy (non-hydrogen) atoms. The van der Waals surface area contributed by atoms with Crippen LogP contribution >= 0.6 is 0 Å². The van der Waals surface area contributed by atoms with E-state index >= 15 is 0 Å². The van der Waals surface area contributed by atoms with E-state index in [2.05, 4.69) is 5.32 Å². The van der Waals surface area contributed by atoms with E-state index in [0.717, 1.165) is 5.56 Å². The molecule has 0 fully saturated rings. The Morgan fingerprint density at radius 3 is 2.42 bits per heavy atom. The number of nitrogens with one attached hydrogen (secondary N) is 1. The number of carbonyl (C=O) groups is 2. The topological polar surface area (TPSA) is 92.4 Å². The summed E-state index contributed by atoms with van der Waals surface area (Å²) in [5.74, 6) is -1.34. The summed E-state index contributed by atoms with van der Waals surface area (Å²) in [6.07, 6.45) is 0.496. The normalized spacial score (nSPS) is 13.7. The summed E-state index contributed by atoms with van der Waals surface area (Å²) >= 11 is 0. The number of carboxylic acids is 1.